The van der Waals surface area contributed by atoms with Crippen molar-refractivity contribution in [3.63, 3.8) is 0 Å². The highest BCUT2D eigenvalue weighted by Crippen LogP contribution is 2.52. The van der Waals surface area contributed by atoms with Gasteiger partial charge in [-0.2, -0.15) is 0 Å². The summed E-state index contributed by atoms with van der Waals surface area (Å²) in [4.78, 5) is 2.42. The SMILES string of the molecule is CC1(C)c2cc(N(c3ccccc3)c3ccc4sc5ccccc5c4c3)ccc2-c2ccc(-n3c4ccc5ccccc5c4c4c5ccccc5ccc43)cc21. The summed E-state index contributed by atoms with van der Waals surface area (Å²) < 4.78 is 5.13. The first-order valence-electron chi connectivity index (χ1n) is 19.4. The van der Waals surface area contributed by atoms with E-state index < -0.39 is 0 Å². The van der Waals surface area contributed by atoms with Crippen LogP contribution in [0.15, 0.2) is 182 Å². The number of anilines is 3. The minimum Gasteiger partial charge on any atom is -0.310 e. The molecule has 0 N–H and O–H groups in total. The molecule has 56 heavy (non-hydrogen) atoms. The highest BCUT2D eigenvalue weighted by molar-refractivity contribution is 7.25. The summed E-state index contributed by atoms with van der Waals surface area (Å²) >= 11 is 1.86. The van der Waals surface area contributed by atoms with Crippen LogP contribution in [0.1, 0.15) is 25.0 Å². The van der Waals surface area contributed by atoms with E-state index in [2.05, 4.69) is 205 Å². The van der Waals surface area contributed by atoms with E-state index in [0.29, 0.717) is 0 Å². The van der Waals surface area contributed by atoms with Gasteiger partial charge in [-0.05, 0) is 117 Å². The fourth-order valence-corrected chi connectivity index (χ4v) is 10.8. The second-order valence-electron chi connectivity index (χ2n) is 15.7. The number of rotatable bonds is 4. The number of hydrogen-bond donors (Lipinski definition) is 0. The summed E-state index contributed by atoms with van der Waals surface area (Å²) in [6.45, 7) is 4.79. The van der Waals surface area contributed by atoms with Crippen molar-refractivity contribution in [1.29, 1.82) is 0 Å². The second kappa shape index (κ2) is 11.7. The van der Waals surface area contributed by atoms with Crippen molar-refractivity contribution in [3.05, 3.63) is 193 Å². The van der Waals surface area contributed by atoms with Gasteiger partial charge in [-0.25, -0.2) is 0 Å². The van der Waals surface area contributed by atoms with Gasteiger partial charge in [0.25, 0.3) is 0 Å². The molecule has 264 valence electrons. The molecule has 3 heteroatoms. The lowest BCUT2D eigenvalue weighted by Crippen LogP contribution is -2.17. The van der Waals surface area contributed by atoms with Crippen LogP contribution in [0.4, 0.5) is 17.1 Å². The molecule has 0 amide bonds. The van der Waals surface area contributed by atoms with Crippen LogP contribution in [0.25, 0.3) is 80.3 Å². The van der Waals surface area contributed by atoms with Gasteiger partial charge < -0.3 is 9.47 Å². The Morgan fingerprint density at radius 2 is 0.982 bits per heavy atom. The lowest BCUT2D eigenvalue weighted by Gasteiger charge is -2.28. The summed E-state index contributed by atoms with van der Waals surface area (Å²) in [5, 5.41) is 10.4. The van der Waals surface area contributed by atoms with E-state index in [1.165, 1.54) is 91.5 Å². The molecule has 0 radical (unpaired) electrons. The minimum absolute atomic E-state index is 0.218. The molecule has 2 aromatic heterocycles. The summed E-state index contributed by atoms with van der Waals surface area (Å²) in [5.74, 6) is 0. The molecule has 2 nitrogen and oxygen atoms in total. The molecule has 12 rings (SSSR count). The molecule has 0 spiro atoms. The maximum atomic E-state index is 2.50. The molecule has 1 aliphatic rings. The molecule has 2 heterocycles. The van der Waals surface area contributed by atoms with Gasteiger partial charge >= 0.3 is 0 Å². The predicted molar refractivity (Wildman–Crippen MR) is 241 cm³/mol. The van der Waals surface area contributed by atoms with Crippen molar-refractivity contribution in [2.45, 2.75) is 19.3 Å². The molecule has 0 saturated heterocycles. The molecule has 0 aliphatic heterocycles. The summed E-state index contributed by atoms with van der Waals surface area (Å²) in [7, 11) is 0. The van der Waals surface area contributed by atoms with Gasteiger partial charge in [0.2, 0.25) is 0 Å². The maximum Gasteiger partial charge on any atom is 0.0547 e. The first-order chi connectivity index (χ1) is 27.5. The number of para-hydroxylation sites is 1. The molecule has 0 unspecified atom stereocenters. The molecule has 11 aromatic rings. The first kappa shape index (κ1) is 31.6. The average molecular weight is 733 g/mol. The Labute approximate surface area is 329 Å². The van der Waals surface area contributed by atoms with E-state index in [-0.39, 0.29) is 5.41 Å². The van der Waals surface area contributed by atoms with Crippen molar-refractivity contribution >= 4 is 91.9 Å². The van der Waals surface area contributed by atoms with Crippen LogP contribution in [0, 0.1) is 0 Å². The number of aromatic nitrogens is 1. The molecule has 0 saturated carbocycles. The van der Waals surface area contributed by atoms with E-state index >= 15 is 0 Å². The van der Waals surface area contributed by atoms with E-state index in [9.17, 15) is 0 Å². The molecule has 1 aliphatic carbocycles. The van der Waals surface area contributed by atoms with E-state index in [1.807, 2.05) is 11.3 Å². The first-order valence-corrected chi connectivity index (χ1v) is 20.2. The van der Waals surface area contributed by atoms with Gasteiger partial charge in [-0.1, -0.05) is 123 Å². The molecular formula is C53H36N2S. The normalized spacial score (nSPS) is 13.3. The third-order valence-electron chi connectivity index (χ3n) is 12.3. The van der Waals surface area contributed by atoms with Crippen LogP contribution in [0.2, 0.25) is 0 Å². The number of thiophene rings is 1. The fraction of sp³-hybridized carbons (Fsp3) is 0.0566. The van der Waals surface area contributed by atoms with Crippen LogP contribution < -0.4 is 4.90 Å². The third kappa shape index (κ3) is 4.43. The van der Waals surface area contributed by atoms with Crippen LogP contribution in [0.5, 0.6) is 0 Å². The van der Waals surface area contributed by atoms with Gasteiger partial charge in [0, 0.05) is 59.1 Å². The number of nitrogens with zero attached hydrogens (tertiary/aromatic N) is 2. The van der Waals surface area contributed by atoms with Crippen LogP contribution in [-0.4, -0.2) is 4.57 Å². The monoisotopic (exact) mass is 732 g/mol. The Balaban J connectivity index is 1.03. The Morgan fingerprint density at radius 3 is 1.70 bits per heavy atom. The van der Waals surface area contributed by atoms with Crippen LogP contribution in [-0.2, 0) is 5.41 Å². The van der Waals surface area contributed by atoms with Gasteiger partial charge in [-0.3, -0.25) is 0 Å². The Hall–Kier alpha value is -6.68. The third-order valence-corrected chi connectivity index (χ3v) is 13.5. The van der Waals surface area contributed by atoms with Gasteiger partial charge in [0.1, 0.15) is 0 Å². The molecule has 0 bridgehead atoms. The zero-order valence-corrected chi connectivity index (χ0v) is 31.9. The molecule has 9 aromatic carbocycles. The standard InChI is InChI=1S/C53H36N2S/c1-53(2)45-31-37(54(35-14-4-3-5-15-35)36-24-29-50-44(30-36)43-18-10-11-19-49(43)56-50)22-25-41(45)42-26-23-38(32-46(42)53)55-47-27-20-33-12-6-8-16-39(33)51(47)52-40-17-9-7-13-34(40)21-28-48(52)55/h3-32H,1-2H3. The van der Waals surface area contributed by atoms with E-state index in [4.69, 9.17) is 0 Å². The predicted octanol–water partition coefficient (Wildman–Crippen LogP) is 15.2. The van der Waals surface area contributed by atoms with Gasteiger partial charge in [0.05, 0.1) is 11.0 Å². The van der Waals surface area contributed by atoms with Crippen molar-refractivity contribution in [2.24, 2.45) is 0 Å². The topological polar surface area (TPSA) is 8.17 Å². The highest BCUT2D eigenvalue weighted by atomic mass is 32.1. The molecular weight excluding hydrogens is 697 g/mol. The van der Waals surface area contributed by atoms with Crippen molar-refractivity contribution in [1.82, 2.24) is 4.57 Å². The zero-order chi connectivity index (χ0) is 37.1. The Kier molecular flexibility index (Phi) is 6.59. The van der Waals surface area contributed by atoms with Gasteiger partial charge in [-0.15, -0.1) is 11.3 Å². The quantitative estimate of drug-likeness (QED) is 0.175. The lowest BCUT2D eigenvalue weighted by molar-refractivity contribution is 0.660. The molecule has 0 atom stereocenters. The van der Waals surface area contributed by atoms with Crippen molar-refractivity contribution in [3.8, 4) is 16.8 Å². The van der Waals surface area contributed by atoms with Crippen molar-refractivity contribution in [2.75, 3.05) is 4.90 Å². The fourth-order valence-electron chi connectivity index (χ4n) is 9.70. The summed E-state index contributed by atoms with van der Waals surface area (Å²) in [6.07, 6.45) is 0. The molecule has 0 fully saturated rings. The van der Waals surface area contributed by atoms with Crippen LogP contribution >= 0.6 is 11.3 Å². The minimum atomic E-state index is -0.218. The maximum absolute atomic E-state index is 2.50. The summed E-state index contributed by atoms with van der Waals surface area (Å²) in [6, 6.07) is 67.6. The van der Waals surface area contributed by atoms with E-state index in [0.717, 1.165) is 17.1 Å². The van der Waals surface area contributed by atoms with Crippen molar-refractivity contribution < 1.29 is 0 Å². The summed E-state index contributed by atoms with van der Waals surface area (Å²) in [5.41, 5.74) is 12.3. The number of hydrogen-bond acceptors (Lipinski definition) is 2. The smallest absolute Gasteiger partial charge is 0.0547 e. The Bertz CT molecular complexity index is 3310. The highest BCUT2D eigenvalue weighted by Gasteiger charge is 2.36. The average Bonchev–Trinajstić information content (AvgIpc) is 3.87. The zero-order valence-electron chi connectivity index (χ0n) is 31.1. The number of benzene rings is 9. The van der Waals surface area contributed by atoms with Crippen LogP contribution in [0.3, 0.4) is 0 Å². The lowest BCUT2D eigenvalue weighted by atomic mass is 9.82. The second-order valence-corrected chi connectivity index (χ2v) is 16.8. The largest absolute Gasteiger partial charge is 0.310 e. The van der Waals surface area contributed by atoms with Gasteiger partial charge in [0.15, 0.2) is 0 Å². The number of fused-ring (bicyclic) bond motifs is 13. The van der Waals surface area contributed by atoms with E-state index in [1.54, 1.807) is 0 Å². The Morgan fingerprint density at radius 1 is 0.429 bits per heavy atom.